The van der Waals surface area contributed by atoms with Gasteiger partial charge in [-0.1, -0.05) is 6.07 Å². The van der Waals surface area contributed by atoms with Crippen molar-refractivity contribution in [3.8, 4) is 0 Å². The zero-order valence-corrected chi connectivity index (χ0v) is 13.9. The molecule has 2 amide bonds. The molecule has 1 aliphatic heterocycles. The van der Waals surface area contributed by atoms with Crippen molar-refractivity contribution in [1.82, 2.24) is 15.5 Å². The maximum atomic E-state index is 12.2. The average Bonchev–Trinajstić information content (AvgIpc) is 2.53. The fraction of sp³-hybridized carbons (Fsp3) is 0.500. The van der Waals surface area contributed by atoms with E-state index in [1.54, 1.807) is 38.4 Å². The van der Waals surface area contributed by atoms with Crippen molar-refractivity contribution < 1.29 is 9.59 Å². The van der Waals surface area contributed by atoms with Crippen molar-refractivity contribution in [3.63, 3.8) is 0 Å². The van der Waals surface area contributed by atoms with E-state index in [-0.39, 0.29) is 24.2 Å². The molecule has 1 heterocycles. The summed E-state index contributed by atoms with van der Waals surface area (Å²) >= 11 is 0. The van der Waals surface area contributed by atoms with Crippen LogP contribution in [0.25, 0.3) is 0 Å². The van der Waals surface area contributed by atoms with Crippen LogP contribution in [0, 0.1) is 5.92 Å². The van der Waals surface area contributed by atoms with Crippen molar-refractivity contribution in [2.45, 2.75) is 12.8 Å². The molecule has 0 aliphatic carbocycles. The molecule has 22 heavy (non-hydrogen) atoms. The van der Waals surface area contributed by atoms with E-state index in [2.05, 4.69) is 10.6 Å². The van der Waals surface area contributed by atoms with Gasteiger partial charge in [0.1, 0.15) is 0 Å². The summed E-state index contributed by atoms with van der Waals surface area (Å²) in [7, 11) is 3.40. The highest BCUT2D eigenvalue weighted by Gasteiger charge is 2.15. The van der Waals surface area contributed by atoms with Gasteiger partial charge in [-0.2, -0.15) is 0 Å². The minimum Gasteiger partial charge on any atom is -0.352 e. The maximum Gasteiger partial charge on any atom is 0.253 e. The van der Waals surface area contributed by atoms with E-state index >= 15 is 0 Å². The number of carbonyl (C=O) groups is 2. The number of piperidine rings is 1. The highest BCUT2D eigenvalue weighted by atomic mass is 35.5. The third kappa shape index (κ3) is 5.00. The number of nitrogens with one attached hydrogen (secondary N) is 2. The number of benzene rings is 1. The maximum absolute atomic E-state index is 12.2. The summed E-state index contributed by atoms with van der Waals surface area (Å²) in [5.41, 5.74) is 1.07. The van der Waals surface area contributed by atoms with E-state index in [0.29, 0.717) is 23.6 Å². The van der Waals surface area contributed by atoms with Gasteiger partial charge in [0, 0.05) is 31.8 Å². The Hall–Kier alpha value is -1.59. The molecule has 0 radical (unpaired) electrons. The zero-order chi connectivity index (χ0) is 15.2. The predicted molar refractivity (Wildman–Crippen MR) is 89.6 cm³/mol. The number of halogens is 1. The molecule has 1 atom stereocenters. The fourth-order valence-corrected chi connectivity index (χ4v) is 2.49. The van der Waals surface area contributed by atoms with Gasteiger partial charge < -0.3 is 15.5 Å². The molecule has 122 valence electrons. The van der Waals surface area contributed by atoms with Crippen molar-refractivity contribution >= 4 is 24.2 Å². The SMILES string of the molecule is CN(C)C(=O)c1cccc(C(=O)NCC2CCCNC2)c1.Cl. The van der Waals surface area contributed by atoms with Crippen LogP contribution in [-0.4, -0.2) is 50.4 Å². The molecule has 2 rings (SSSR count). The highest BCUT2D eigenvalue weighted by molar-refractivity contribution is 5.99. The second-order valence-electron chi connectivity index (χ2n) is 5.70. The lowest BCUT2D eigenvalue weighted by Gasteiger charge is -2.22. The van der Waals surface area contributed by atoms with E-state index in [0.717, 1.165) is 25.9 Å². The molecule has 2 N–H and O–H groups in total. The molecule has 0 bridgehead atoms. The minimum absolute atomic E-state index is 0. The van der Waals surface area contributed by atoms with E-state index < -0.39 is 0 Å². The van der Waals surface area contributed by atoms with Crippen LogP contribution in [0.2, 0.25) is 0 Å². The van der Waals surface area contributed by atoms with Crippen LogP contribution in [-0.2, 0) is 0 Å². The molecule has 1 unspecified atom stereocenters. The summed E-state index contributed by atoms with van der Waals surface area (Å²) in [6.45, 7) is 2.70. The van der Waals surface area contributed by atoms with Gasteiger partial charge in [0.15, 0.2) is 0 Å². The standard InChI is InChI=1S/C16H23N3O2.ClH/c1-19(2)16(21)14-7-3-6-13(9-14)15(20)18-11-12-5-4-8-17-10-12;/h3,6-7,9,12,17H,4-5,8,10-11H2,1-2H3,(H,18,20);1H. The van der Waals surface area contributed by atoms with Crippen LogP contribution in [0.1, 0.15) is 33.6 Å². The molecule has 6 heteroatoms. The van der Waals surface area contributed by atoms with Crippen LogP contribution < -0.4 is 10.6 Å². The number of nitrogens with zero attached hydrogens (tertiary/aromatic N) is 1. The molecule has 1 aromatic rings. The van der Waals surface area contributed by atoms with Gasteiger partial charge in [-0.05, 0) is 50.0 Å². The Bertz CT molecular complexity index is 514. The second-order valence-corrected chi connectivity index (χ2v) is 5.70. The van der Waals surface area contributed by atoms with Gasteiger partial charge in [0.2, 0.25) is 0 Å². The average molecular weight is 326 g/mol. The zero-order valence-electron chi connectivity index (χ0n) is 13.1. The molecule has 5 nitrogen and oxygen atoms in total. The first-order chi connectivity index (χ1) is 10.1. The lowest BCUT2D eigenvalue weighted by molar-refractivity contribution is 0.0827. The molecule has 1 aromatic carbocycles. The largest absolute Gasteiger partial charge is 0.352 e. The van der Waals surface area contributed by atoms with Crippen molar-refractivity contribution in [2.24, 2.45) is 5.92 Å². The van der Waals surface area contributed by atoms with E-state index in [1.807, 2.05) is 0 Å². The molecule has 0 spiro atoms. The molecular weight excluding hydrogens is 302 g/mol. The summed E-state index contributed by atoms with van der Waals surface area (Å²) in [4.78, 5) is 25.6. The first-order valence-corrected chi connectivity index (χ1v) is 7.38. The Morgan fingerprint density at radius 1 is 1.32 bits per heavy atom. The second kappa shape index (κ2) is 8.76. The van der Waals surface area contributed by atoms with Gasteiger partial charge in [-0.15, -0.1) is 12.4 Å². The van der Waals surface area contributed by atoms with Crippen molar-refractivity contribution in [2.75, 3.05) is 33.7 Å². The summed E-state index contributed by atoms with van der Waals surface area (Å²) in [6, 6.07) is 6.86. The quantitative estimate of drug-likeness (QED) is 0.882. The number of hydrogen-bond acceptors (Lipinski definition) is 3. The number of hydrogen-bond donors (Lipinski definition) is 2. The molecule has 1 fully saturated rings. The predicted octanol–water partition coefficient (Wildman–Crippen LogP) is 1.54. The van der Waals surface area contributed by atoms with Gasteiger partial charge in [0.25, 0.3) is 11.8 Å². The number of amides is 2. The molecule has 1 aliphatic rings. The smallest absolute Gasteiger partial charge is 0.253 e. The Balaban J connectivity index is 0.00000242. The molecular formula is C16H24ClN3O2. The van der Waals surface area contributed by atoms with Crippen LogP contribution in [0.5, 0.6) is 0 Å². The third-order valence-corrected chi connectivity index (χ3v) is 3.73. The van der Waals surface area contributed by atoms with Gasteiger partial charge in [0.05, 0.1) is 0 Å². The van der Waals surface area contributed by atoms with E-state index in [1.165, 1.54) is 4.90 Å². The van der Waals surface area contributed by atoms with Crippen LogP contribution in [0.15, 0.2) is 24.3 Å². The summed E-state index contributed by atoms with van der Waals surface area (Å²) < 4.78 is 0. The lowest BCUT2D eigenvalue weighted by Crippen LogP contribution is -2.38. The number of rotatable bonds is 4. The lowest BCUT2D eigenvalue weighted by atomic mass is 9.99. The number of carbonyl (C=O) groups excluding carboxylic acids is 2. The van der Waals surface area contributed by atoms with Crippen LogP contribution in [0.4, 0.5) is 0 Å². The van der Waals surface area contributed by atoms with Gasteiger partial charge in [-0.3, -0.25) is 9.59 Å². The molecule has 0 saturated carbocycles. The van der Waals surface area contributed by atoms with Crippen molar-refractivity contribution in [3.05, 3.63) is 35.4 Å². The summed E-state index contributed by atoms with van der Waals surface area (Å²) in [5, 5.41) is 6.29. The Morgan fingerprint density at radius 3 is 2.68 bits per heavy atom. The Labute approximate surface area is 137 Å². The Kier molecular flexibility index (Phi) is 7.35. The first kappa shape index (κ1) is 18.5. The molecule has 0 aromatic heterocycles. The summed E-state index contributed by atoms with van der Waals surface area (Å²) in [6.07, 6.45) is 2.31. The highest BCUT2D eigenvalue weighted by Crippen LogP contribution is 2.10. The van der Waals surface area contributed by atoms with Crippen LogP contribution >= 0.6 is 12.4 Å². The topological polar surface area (TPSA) is 61.4 Å². The van der Waals surface area contributed by atoms with Crippen LogP contribution in [0.3, 0.4) is 0 Å². The molecule has 1 saturated heterocycles. The van der Waals surface area contributed by atoms with Gasteiger partial charge in [-0.25, -0.2) is 0 Å². The normalized spacial score (nSPS) is 17.3. The third-order valence-electron chi connectivity index (χ3n) is 3.73. The summed E-state index contributed by atoms with van der Waals surface area (Å²) in [5.74, 6) is 0.282. The monoisotopic (exact) mass is 325 g/mol. The van der Waals surface area contributed by atoms with Gasteiger partial charge >= 0.3 is 0 Å². The van der Waals surface area contributed by atoms with Crippen molar-refractivity contribution in [1.29, 1.82) is 0 Å². The first-order valence-electron chi connectivity index (χ1n) is 7.38. The fourth-order valence-electron chi connectivity index (χ4n) is 2.49. The van der Waals surface area contributed by atoms with E-state index in [4.69, 9.17) is 0 Å². The minimum atomic E-state index is -0.117. The Morgan fingerprint density at radius 2 is 2.05 bits per heavy atom. The van der Waals surface area contributed by atoms with E-state index in [9.17, 15) is 9.59 Å².